The molecule has 1 aliphatic heterocycles. The molecule has 0 saturated carbocycles. The third kappa shape index (κ3) is 2.88. The third-order valence-electron chi connectivity index (χ3n) is 3.57. The van der Waals surface area contributed by atoms with E-state index in [1.165, 1.54) is 11.3 Å². The molecule has 2 heterocycles. The van der Waals surface area contributed by atoms with Crippen molar-refractivity contribution < 1.29 is 19.4 Å². The van der Waals surface area contributed by atoms with E-state index in [1.54, 1.807) is 4.90 Å². The van der Waals surface area contributed by atoms with E-state index in [-0.39, 0.29) is 19.1 Å². The molecule has 1 aliphatic rings. The molecule has 0 bridgehead atoms. The van der Waals surface area contributed by atoms with Crippen LogP contribution in [0.3, 0.4) is 0 Å². The summed E-state index contributed by atoms with van der Waals surface area (Å²) in [7, 11) is 0. The van der Waals surface area contributed by atoms with Gasteiger partial charge in [0.2, 0.25) is 0 Å². The van der Waals surface area contributed by atoms with E-state index in [2.05, 4.69) is 0 Å². The molecule has 5 nitrogen and oxygen atoms in total. The summed E-state index contributed by atoms with van der Waals surface area (Å²) in [4.78, 5) is 25.9. The Morgan fingerprint density at radius 1 is 1.23 bits per heavy atom. The fourth-order valence-electron chi connectivity index (χ4n) is 2.45. The molecular weight excluding hydrogens is 302 g/mol. The summed E-state index contributed by atoms with van der Waals surface area (Å²) in [6.07, 6.45) is -0.946. The highest BCUT2D eigenvalue weighted by Crippen LogP contribution is 2.29. The summed E-state index contributed by atoms with van der Waals surface area (Å²) in [5.41, 5.74) is 1.86. The van der Waals surface area contributed by atoms with Crippen LogP contribution in [0.4, 0.5) is 0 Å². The van der Waals surface area contributed by atoms with E-state index in [1.807, 2.05) is 41.8 Å². The van der Waals surface area contributed by atoms with E-state index in [9.17, 15) is 9.59 Å². The predicted octanol–water partition coefficient (Wildman–Crippen LogP) is 2.34. The second kappa shape index (κ2) is 6.29. The Balaban J connectivity index is 1.84. The number of hydrogen-bond acceptors (Lipinski definition) is 4. The van der Waals surface area contributed by atoms with Crippen LogP contribution in [0.5, 0.6) is 0 Å². The number of thiophene rings is 1. The van der Waals surface area contributed by atoms with Crippen molar-refractivity contribution in [2.45, 2.75) is 6.10 Å². The Morgan fingerprint density at radius 2 is 2.00 bits per heavy atom. The average Bonchev–Trinajstić information content (AvgIpc) is 3.04. The molecule has 3 rings (SSSR count). The van der Waals surface area contributed by atoms with Crippen LogP contribution < -0.4 is 0 Å². The number of carboxylic acids is 1. The fraction of sp³-hybridized carbons (Fsp3) is 0.250. The minimum Gasteiger partial charge on any atom is -0.479 e. The first-order valence-electron chi connectivity index (χ1n) is 6.93. The lowest BCUT2D eigenvalue weighted by molar-refractivity contribution is -0.154. The number of morpholine rings is 1. The SMILES string of the molecule is O=C(O)C1CN(C(=O)c2sccc2-c2ccccc2)CCO1. The van der Waals surface area contributed by atoms with Crippen LogP contribution in [0.1, 0.15) is 9.67 Å². The van der Waals surface area contributed by atoms with E-state index in [0.717, 1.165) is 11.1 Å². The summed E-state index contributed by atoms with van der Waals surface area (Å²) < 4.78 is 5.16. The van der Waals surface area contributed by atoms with Gasteiger partial charge < -0.3 is 14.7 Å². The Bertz CT molecular complexity index is 682. The first kappa shape index (κ1) is 14.7. The Hall–Kier alpha value is -2.18. The number of nitrogens with zero attached hydrogens (tertiary/aromatic N) is 1. The van der Waals surface area contributed by atoms with Gasteiger partial charge in [-0.1, -0.05) is 30.3 Å². The number of amides is 1. The van der Waals surface area contributed by atoms with Gasteiger partial charge in [-0.05, 0) is 17.0 Å². The van der Waals surface area contributed by atoms with Crippen molar-refractivity contribution in [1.82, 2.24) is 4.90 Å². The maximum Gasteiger partial charge on any atom is 0.334 e. The van der Waals surface area contributed by atoms with Gasteiger partial charge in [-0.25, -0.2) is 4.79 Å². The normalized spacial score (nSPS) is 18.2. The van der Waals surface area contributed by atoms with Crippen molar-refractivity contribution in [3.63, 3.8) is 0 Å². The second-order valence-electron chi connectivity index (χ2n) is 4.98. The first-order chi connectivity index (χ1) is 10.7. The van der Waals surface area contributed by atoms with E-state index in [0.29, 0.717) is 11.4 Å². The number of rotatable bonds is 3. The molecule has 22 heavy (non-hydrogen) atoms. The topological polar surface area (TPSA) is 66.8 Å². The zero-order valence-electron chi connectivity index (χ0n) is 11.8. The van der Waals surface area contributed by atoms with Gasteiger partial charge in [0.1, 0.15) is 0 Å². The highest BCUT2D eigenvalue weighted by atomic mass is 32.1. The van der Waals surface area contributed by atoms with Crippen molar-refractivity contribution in [3.8, 4) is 11.1 Å². The minimum atomic E-state index is -1.04. The van der Waals surface area contributed by atoms with Crippen LogP contribution >= 0.6 is 11.3 Å². The van der Waals surface area contributed by atoms with Gasteiger partial charge in [0, 0.05) is 12.1 Å². The van der Waals surface area contributed by atoms with Gasteiger partial charge in [-0.2, -0.15) is 0 Å². The number of carbonyl (C=O) groups is 2. The molecule has 1 aromatic carbocycles. The molecule has 2 aromatic rings. The summed E-state index contributed by atoms with van der Waals surface area (Å²) in [6.45, 7) is 0.740. The zero-order chi connectivity index (χ0) is 15.5. The lowest BCUT2D eigenvalue weighted by atomic mass is 10.1. The van der Waals surface area contributed by atoms with Crippen LogP contribution in [0.2, 0.25) is 0 Å². The minimum absolute atomic E-state index is 0.0836. The number of ether oxygens (including phenoxy) is 1. The molecule has 1 fully saturated rings. The van der Waals surface area contributed by atoms with E-state index >= 15 is 0 Å². The standard InChI is InChI=1S/C16H15NO4S/c18-15(17-7-8-21-13(10-17)16(19)20)14-12(6-9-22-14)11-4-2-1-3-5-11/h1-6,9,13H,7-8,10H2,(H,19,20). The van der Waals surface area contributed by atoms with Crippen LogP contribution in [0.15, 0.2) is 41.8 Å². The molecule has 0 radical (unpaired) electrons. The van der Waals surface area contributed by atoms with Gasteiger partial charge in [-0.15, -0.1) is 11.3 Å². The summed E-state index contributed by atoms with van der Waals surface area (Å²) >= 11 is 1.38. The molecule has 0 aliphatic carbocycles. The first-order valence-corrected chi connectivity index (χ1v) is 7.81. The Kier molecular flexibility index (Phi) is 4.22. The lowest BCUT2D eigenvalue weighted by Gasteiger charge is -2.30. The number of aliphatic carboxylic acids is 1. The summed E-state index contributed by atoms with van der Waals surface area (Å²) in [5, 5.41) is 10.9. The van der Waals surface area contributed by atoms with Crippen molar-refractivity contribution >= 4 is 23.2 Å². The Morgan fingerprint density at radius 3 is 2.73 bits per heavy atom. The number of carbonyl (C=O) groups excluding carboxylic acids is 1. The third-order valence-corrected chi connectivity index (χ3v) is 4.48. The highest BCUT2D eigenvalue weighted by Gasteiger charge is 2.30. The van der Waals surface area contributed by atoms with Gasteiger partial charge in [0.05, 0.1) is 18.0 Å². The second-order valence-corrected chi connectivity index (χ2v) is 5.89. The van der Waals surface area contributed by atoms with Gasteiger partial charge in [-0.3, -0.25) is 4.79 Å². The number of carboxylic acid groups (broad SMARTS) is 1. The monoisotopic (exact) mass is 317 g/mol. The molecule has 114 valence electrons. The van der Waals surface area contributed by atoms with E-state index < -0.39 is 12.1 Å². The van der Waals surface area contributed by atoms with Crippen molar-refractivity contribution in [1.29, 1.82) is 0 Å². The van der Waals surface area contributed by atoms with Gasteiger partial charge in [0.15, 0.2) is 6.10 Å². The maximum atomic E-state index is 12.7. The number of hydrogen-bond donors (Lipinski definition) is 1. The fourth-order valence-corrected chi connectivity index (χ4v) is 3.33. The summed E-state index contributed by atoms with van der Waals surface area (Å²) in [6, 6.07) is 11.6. The molecule has 1 amide bonds. The van der Waals surface area contributed by atoms with Gasteiger partial charge in [0.25, 0.3) is 5.91 Å². The van der Waals surface area contributed by atoms with Crippen LogP contribution in [-0.2, 0) is 9.53 Å². The zero-order valence-corrected chi connectivity index (χ0v) is 12.6. The van der Waals surface area contributed by atoms with Crippen molar-refractivity contribution in [2.24, 2.45) is 0 Å². The van der Waals surface area contributed by atoms with Crippen molar-refractivity contribution in [2.75, 3.05) is 19.7 Å². The van der Waals surface area contributed by atoms with Crippen molar-refractivity contribution in [3.05, 3.63) is 46.7 Å². The largest absolute Gasteiger partial charge is 0.479 e. The van der Waals surface area contributed by atoms with E-state index in [4.69, 9.17) is 9.84 Å². The molecule has 0 spiro atoms. The molecule has 1 atom stereocenters. The quantitative estimate of drug-likeness (QED) is 0.943. The average molecular weight is 317 g/mol. The maximum absolute atomic E-state index is 12.7. The summed E-state index contributed by atoms with van der Waals surface area (Å²) in [5.74, 6) is -1.17. The lowest BCUT2D eigenvalue weighted by Crippen LogP contribution is -2.48. The van der Waals surface area contributed by atoms with Crippen LogP contribution in [0.25, 0.3) is 11.1 Å². The smallest absolute Gasteiger partial charge is 0.334 e. The van der Waals surface area contributed by atoms with Crippen LogP contribution in [0, 0.1) is 0 Å². The predicted molar refractivity (Wildman–Crippen MR) is 83.0 cm³/mol. The molecule has 1 unspecified atom stereocenters. The Labute approximate surface area is 131 Å². The molecule has 1 N–H and O–H groups in total. The molecule has 6 heteroatoms. The molecule has 1 aromatic heterocycles. The molecule has 1 saturated heterocycles. The number of benzene rings is 1. The molecular formula is C16H15NO4S. The van der Waals surface area contributed by atoms with Crippen LogP contribution in [-0.4, -0.2) is 47.7 Å². The highest BCUT2D eigenvalue weighted by molar-refractivity contribution is 7.12. The van der Waals surface area contributed by atoms with Gasteiger partial charge >= 0.3 is 5.97 Å².